The molecule has 3 fully saturated rings. The molecule has 1 heteroatoms. The van der Waals surface area contributed by atoms with Crippen molar-refractivity contribution in [3.63, 3.8) is 0 Å². The van der Waals surface area contributed by atoms with Crippen LogP contribution < -0.4 is 0 Å². The van der Waals surface area contributed by atoms with Crippen molar-refractivity contribution >= 4 is 10.9 Å². The summed E-state index contributed by atoms with van der Waals surface area (Å²) in [4.78, 5) is 0. The molecule has 0 amide bonds. The van der Waals surface area contributed by atoms with Gasteiger partial charge in [-0.1, -0.05) is 27.4 Å². The standard InChI is InChI=1S/C15H25S/c1-5-16-10-6-7-11-12-8-9-15(4,13(11)16)14(12,2)3/h5,11-13H,1,6-10H2,2-4H3/q+1/t11-,12+,13-,15-,16?/m0/s1. The van der Waals surface area contributed by atoms with Gasteiger partial charge in [0.15, 0.2) is 0 Å². The molecule has 0 N–H and O–H groups in total. The normalized spacial score (nSPS) is 53.7. The minimum absolute atomic E-state index is 0.521. The van der Waals surface area contributed by atoms with Gasteiger partial charge < -0.3 is 0 Å². The number of fused-ring (bicyclic) bond motifs is 5. The van der Waals surface area contributed by atoms with Gasteiger partial charge in [-0.25, -0.2) is 0 Å². The smallest absolute Gasteiger partial charge is 0.0589 e. The van der Waals surface area contributed by atoms with Gasteiger partial charge in [0.1, 0.15) is 16.4 Å². The Morgan fingerprint density at radius 2 is 2.00 bits per heavy atom. The summed E-state index contributed by atoms with van der Waals surface area (Å²) in [6.07, 6.45) is 5.94. The Morgan fingerprint density at radius 1 is 1.25 bits per heavy atom. The third-order valence-corrected chi connectivity index (χ3v) is 9.08. The first-order valence-corrected chi connectivity index (χ1v) is 8.35. The fraction of sp³-hybridized carbons (Fsp3) is 0.867. The summed E-state index contributed by atoms with van der Waals surface area (Å²) in [5, 5.41) is 3.28. The maximum Gasteiger partial charge on any atom is 0.131 e. The molecule has 1 aliphatic heterocycles. The van der Waals surface area contributed by atoms with E-state index in [0.717, 1.165) is 17.1 Å². The topological polar surface area (TPSA) is 0 Å². The van der Waals surface area contributed by atoms with Crippen LogP contribution in [0, 0.1) is 22.7 Å². The lowest BCUT2D eigenvalue weighted by Gasteiger charge is -2.39. The van der Waals surface area contributed by atoms with E-state index >= 15 is 0 Å². The molecule has 3 rings (SSSR count). The van der Waals surface area contributed by atoms with Crippen LogP contribution in [0.5, 0.6) is 0 Å². The fourth-order valence-corrected chi connectivity index (χ4v) is 8.21. The first-order chi connectivity index (χ1) is 7.52. The molecule has 0 nitrogen and oxygen atoms in total. The van der Waals surface area contributed by atoms with E-state index in [0.29, 0.717) is 21.7 Å². The van der Waals surface area contributed by atoms with Crippen molar-refractivity contribution in [2.24, 2.45) is 22.7 Å². The zero-order valence-corrected chi connectivity index (χ0v) is 11.8. The van der Waals surface area contributed by atoms with Crippen molar-refractivity contribution in [3.8, 4) is 0 Å². The van der Waals surface area contributed by atoms with Crippen LogP contribution in [0.4, 0.5) is 0 Å². The van der Waals surface area contributed by atoms with Crippen LogP contribution in [-0.4, -0.2) is 11.0 Å². The lowest BCUT2D eigenvalue weighted by molar-refractivity contribution is 0.155. The van der Waals surface area contributed by atoms with E-state index in [1.807, 2.05) is 0 Å². The second-order valence-electron chi connectivity index (χ2n) is 6.85. The maximum atomic E-state index is 4.12. The van der Waals surface area contributed by atoms with Crippen molar-refractivity contribution in [1.29, 1.82) is 0 Å². The summed E-state index contributed by atoms with van der Waals surface area (Å²) in [5.41, 5.74) is 1.20. The highest BCUT2D eigenvalue weighted by Gasteiger charge is 2.71. The van der Waals surface area contributed by atoms with Crippen LogP contribution in [0.15, 0.2) is 12.0 Å². The minimum atomic E-state index is 0.521. The van der Waals surface area contributed by atoms with Crippen molar-refractivity contribution in [3.05, 3.63) is 12.0 Å². The third-order valence-electron chi connectivity index (χ3n) is 6.37. The molecule has 0 aromatic rings. The quantitative estimate of drug-likeness (QED) is 0.605. The van der Waals surface area contributed by atoms with E-state index in [9.17, 15) is 0 Å². The van der Waals surface area contributed by atoms with E-state index in [1.165, 1.54) is 31.4 Å². The number of hydrogen-bond donors (Lipinski definition) is 0. The minimum Gasteiger partial charge on any atom is -0.0589 e. The third kappa shape index (κ3) is 1.09. The Hall–Kier alpha value is 0.0900. The Balaban J connectivity index is 2.04. The van der Waals surface area contributed by atoms with Gasteiger partial charge in [0.05, 0.1) is 0 Å². The molecule has 90 valence electrons. The summed E-state index contributed by atoms with van der Waals surface area (Å²) >= 11 is 0. The SMILES string of the molecule is C=C[S+]1CCC[C@H]2[C@H]3CC[C@@](C)([C@H]21)C3(C)C. The molecule has 0 spiro atoms. The van der Waals surface area contributed by atoms with Crippen molar-refractivity contribution < 1.29 is 0 Å². The Labute approximate surface area is 103 Å². The summed E-state index contributed by atoms with van der Waals surface area (Å²) in [6, 6.07) is 0. The Bertz CT molecular complexity index is 319. The number of hydrogen-bond acceptors (Lipinski definition) is 0. The Kier molecular flexibility index (Phi) is 2.32. The lowest BCUT2D eigenvalue weighted by atomic mass is 9.71. The average Bonchev–Trinajstić information content (AvgIpc) is 2.59. The van der Waals surface area contributed by atoms with Crippen LogP contribution in [-0.2, 0) is 10.9 Å². The van der Waals surface area contributed by atoms with Gasteiger partial charge in [-0.15, -0.1) is 0 Å². The highest BCUT2D eigenvalue weighted by atomic mass is 32.2. The van der Waals surface area contributed by atoms with Crippen LogP contribution in [0.2, 0.25) is 0 Å². The van der Waals surface area contributed by atoms with Gasteiger partial charge in [0, 0.05) is 22.2 Å². The first-order valence-electron chi connectivity index (χ1n) is 6.83. The van der Waals surface area contributed by atoms with E-state index in [1.54, 1.807) is 0 Å². The first kappa shape index (κ1) is 11.2. The predicted octanol–water partition coefficient (Wildman–Crippen LogP) is 3.98. The molecule has 2 saturated carbocycles. The zero-order valence-electron chi connectivity index (χ0n) is 11.0. The van der Waals surface area contributed by atoms with Crippen LogP contribution in [0.25, 0.3) is 0 Å². The molecule has 2 aliphatic carbocycles. The highest BCUT2D eigenvalue weighted by molar-refractivity contribution is 8.00. The monoisotopic (exact) mass is 237 g/mol. The van der Waals surface area contributed by atoms with Crippen molar-refractivity contribution in [2.75, 3.05) is 5.75 Å². The van der Waals surface area contributed by atoms with Gasteiger partial charge >= 0.3 is 0 Å². The Morgan fingerprint density at radius 3 is 2.69 bits per heavy atom. The molecular formula is C15H25S+. The highest BCUT2D eigenvalue weighted by Crippen LogP contribution is 2.71. The van der Waals surface area contributed by atoms with Crippen LogP contribution >= 0.6 is 0 Å². The molecule has 5 atom stereocenters. The van der Waals surface area contributed by atoms with E-state index in [4.69, 9.17) is 0 Å². The van der Waals surface area contributed by atoms with Crippen LogP contribution in [0.1, 0.15) is 46.5 Å². The zero-order chi connectivity index (χ0) is 11.6. The number of rotatable bonds is 1. The summed E-state index contributed by atoms with van der Waals surface area (Å²) in [5.74, 6) is 3.48. The van der Waals surface area contributed by atoms with Gasteiger partial charge in [0.2, 0.25) is 0 Å². The molecule has 1 unspecified atom stereocenters. The second kappa shape index (κ2) is 3.31. The van der Waals surface area contributed by atoms with Gasteiger partial charge in [-0.3, -0.25) is 0 Å². The molecule has 0 aromatic carbocycles. The van der Waals surface area contributed by atoms with E-state index < -0.39 is 0 Å². The molecule has 1 heterocycles. The van der Waals surface area contributed by atoms with Gasteiger partial charge in [0.25, 0.3) is 0 Å². The fourth-order valence-electron chi connectivity index (χ4n) is 5.21. The largest absolute Gasteiger partial charge is 0.131 e. The average molecular weight is 237 g/mol. The van der Waals surface area contributed by atoms with Crippen molar-refractivity contribution in [2.45, 2.75) is 51.7 Å². The molecular weight excluding hydrogens is 212 g/mol. The second-order valence-corrected chi connectivity index (χ2v) is 9.04. The van der Waals surface area contributed by atoms with Crippen molar-refractivity contribution in [1.82, 2.24) is 0 Å². The van der Waals surface area contributed by atoms with Crippen LogP contribution in [0.3, 0.4) is 0 Å². The molecule has 0 radical (unpaired) electrons. The summed E-state index contributed by atoms with van der Waals surface area (Å²) in [7, 11) is 0.521. The molecule has 2 bridgehead atoms. The van der Waals surface area contributed by atoms with Gasteiger partial charge in [-0.05, 0) is 37.0 Å². The molecule has 1 saturated heterocycles. The molecule has 0 aromatic heterocycles. The summed E-state index contributed by atoms with van der Waals surface area (Å²) < 4.78 is 0. The lowest BCUT2D eigenvalue weighted by Crippen LogP contribution is -2.45. The molecule has 3 aliphatic rings. The van der Waals surface area contributed by atoms with E-state index in [-0.39, 0.29) is 0 Å². The summed E-state index contributed by atoms with van der Waals surface area (Å²) in [6.45, 7) is 11.8. The predicted molar refractivity (Wildman–Crippen MR) is 73.6 cm³/mol. The molecule has 16 heavy (non-hydrogen) atoms. The van der Waals surface area contributed by atoms with E-state index in [2.05, 4.69) is 32.8 Å². The van der Waals surface area contributed by atoms with Gasteiger partial charge in [-0.2, -0.15) is 0 Å². The maximum absolute atomic E-state index is 4.12.